The number of rotatable bonds is 35. The lowest BCUT2D eigenvalue weighted by atomic mass is 9.98. The molecule has 15 heteroatoms. The van der Waals surface area contributed by atoms with Crippen LogP contribution in [0.1, 0.15) is 142 Å². The van der Waals surface area contributed by atoms with E-state index in [1.807, 2.05) is 0 Å². The molecule has 2 saturated heterocycles. The summed E-state index contributed by atoms with van der Waals surface area (Å²) in [6, 6.07) is 0. The zero-order valence-electron chi connectivity index (χ0n) is 38.5. The van der Waals surface area contributed by atoms with E-state index in [0.717, 1.165) is 83.5 Å². The highest BCUT2D eigenvalue weighted by Crippen LogP contribution is 2.26. The standard InChI is InChI=1S/C49H82O15/c1-3-5-7-9-11-13-15-17-18-20-21-23-25-27-29-31-40(51)59-34-37(62-41(52)32-30-28-26-24-22-19-16-14-12-10-8-6-4-2)35-60-48-47(58)45(56)43(54)39(64-48)36-61-49-46(57)44(55)42(53)38(33-50)63-49/h6,8,11-14,17-19,22,37-39,42-50,53-58H,3-5,7,9-10,15-16,20-21,23-36H2,1-2H3. The third-order valence-electron chi connectivity index (χ3n) is 11.0. The van der Waals surface area contributed by atoms with Crippen molar-refractivity contribution in [2.45, 2.75) is 210 Å². The summed E-state index contributed by atoms with van der Waals surface area (Å²) in [7, 11) is 0. The van der Waals surface area contributed by atoms with Gasteiger partial charge in [-0.2, -0.15) is 0 Å². The number of aliphatic hydroxyl groups is 7. The smallest absolute Gasteiger partial charge is 0.306 e. The van der Waals surface area contributed by atoms with Crippen LogP contribution in [0.5, 0.6) is 0 Å². The van der Waals surface area contributed by atoms with Crippen LogP contribution in [0.4, 0.5) is 0 Å². The Labute approximate surface area is 381 Å². The summed E-state index contributed by atoms with van der Waals surface area (Å²) >= 11 is 0. The lowest BCUT2D eigenvalue weighted by molar-refractivity contribution is -0.332. The van der Waals surface area contributed by atoms with Crippen molar-refractivity contribution in [2.75, 3.05) is 26.4 Å². The molecule has 0 aromatic carbocycles. The topological polar surface area (TPSA) is 231 Å². The van der Waals surface area contributed by atoms with Gasteiger partial charge in [0.05, 0.1) is 19.8 Å². The van der Waals surface area contributed by atoms with Gasteiger partial charge in [0.25, 0.3) is 0 Å². The van der Waals surface area contributed by atoms with E-state index in [1.165, 1.54) is 19.3 Å². The first-order chi connectivity index (χ1) is 31.0. The van der Waals surface area contributed by atoms with Crippen molar-refractivity contribution < 1.29 is 73.8 Å². The third-order valence-corrected chi connectivity index (χ3v) is 11.0. The van der Waals surface area contributed by atoms with E-state index in [9.17, 15) is 45.3 Å². The number of carbonyl (C=O) groups excluding carboxylic acids is 2. The molecule has 2 rings (SSSR count). The number of carbonyl (C=O) groups is 2. The van der Waals surface area contributed by atoms with Gasteiger partial charge < -0.3 is 64.2 Å². The number of hydrogen-bond acceptors (Lipinski definition) is 15. The monoisotopic (exact) mass is 911 g/mol. The number of ether oxygens (including phenoxy) is 6. The van der Waals surface area contributed by atoms with Gasteiger partial charge >= 0.3 is 11.9 Å². The molecule has 64 heavy (non-hydrogen) atoms. The molecule has 11 unspecified atom stereocenters. The largest absolute Gasteiger partial charge is 0.462 e. The molecule has 0 aromatic rings. The zero-order chi connectivity index (χ0) is 46.8. The van der Waals surface area contributed by atoms with Crippen molar-refractivity contribution in [3.63, 3.8) is 0 Å². The van der Waals surface area contributed by atoms with Gasteiger partial charge in [0.1, 0.15) is 55.4 Å². The highest BCUT2D eigenvalue weighted by Gasteiger charge is 2.47. The number of esters is 2. The molecule has 2 fully saturated rings. The van der Waals surface area contributed by atoms with Gasteiger partial charge in [0.2, 0.25) is 0 Å². The van der Waals surface area contributed by atoms with Gasteiger partial charge in [-0.1, -0.05) is 113 Å². The molecule has 0 bridgehead atoms. The maximum atomic E-state index is 12.9. The summed E-state index contributed by atoms with van der Waals surface area (Å²) in [4.78, 5) is 25.7. The summed E-state index contributed by atoms with van der Waals surface area (Å²) < 4.78 is 33.4. The van der Waals surface area contributed by atoms with E-state index < -0.39 is 99.3 Å². The minimum Gasteiger partial charge on any atom is -0.462 e. The van der Waals surface area contributed by atoms with Crippen LogP contribution >= 0.6 is 0 Å². The van der Waals surface area contributed by atoms with Gasteiger partial charge in [-0.25, -0.2) is 0 Å². The van der Waals surface area contributed by atoms with Gasteiger partial charge in [0, 0.05) is 12.8 Å². The Morgan fingerprint density at radius 1 is 0.516 bits per heavy atom. The van der Waals surface area contributed by atoms with E-state index >= 15 is 0 Å². The first kappa shape index (κ1) is 57.3. The van der Waals surface area contributed by atoms with E-state index in [1.54, 1.807) is 0 Å². The Morgan fingerprint density at radius 3 is 1.56 bits per heavy atom. The predicted molar refractivity (Wildman–Crippen MR) is 243 cm³/mol. The zero-order valence-corrected chi connectivity index (χ0v) is 38.5. The van der Waals surface area contributed by atoms with E-state index in [4.69, 9.17) is 28.4 Å². The second kappa shape index (κ2) is 36.3. The summed E-state index contributed by atoms with van der Waals surface area (Å²) in [5, 5.41) is 71.9. The summed E-state index contributed by atoms with van der Waals surface area (Å²) in [5.41, 5.74) is 0. The molecular formula is C49H82O15. The number of aliphatic hydroxyl groups excluding tert-OH is 7. The van der Waals surface area contributed by atoms with Gasteiger partial charge in [0.15, 0.2) is 18.7 Å². The number of allylic oxidation sites excluding steroid dienone is 10. The van der Waals surface area contributed by atoms with Gasteiger partial charge in [-0.3, -0.25) is 9.59 Å². The first-order valence-corrected chi connectivity index (χ1v) is 23.9. The van der Waals surface area contributed by atoms with E-state index in [2.05, 4.69) is 74.6 Å². The van der Waals surface area contributed by atoms with Crippen LogP contribution < -0.4 is 0 Å². The molecule has 368 valence electrons. The average molecular weight is 911 g/mol. The predicted octanol–water partition coefficient (Wildman–Crippen LogP) is 5.70. The summed E-state index contributed by atoms with van der Waals surface area (Å²) in [5.74, 6) is -0.982. The second-order valence-electron chi connectivity index (χ2n) is 16.5. The SMILES string of the molecule is CCC=CCC=CCC=CCCCCCC(=O)OC(COC(=O)CCCCCCCC=CCC=CCCCCC)COC1OC(COC2OC(CO)C(O)C(O)C2O)C(O)C(O)C1O. The lowest BCUT2D eigenvalue weighted by Gasteiger charge is -2.42. The van der Waals surface area contributed by atoms with Crippen molar-refractivity contribution in [2.24, 2.45) is 0 Å². The van der Waals surface area contributed by atoms with Gasteiger partial charge in [-0.15, -0.1) is 0 Å². The van der Waals surface area contributed by atoms with Crippen molar-refractivity contribution in [3.8, 4) is 0 Å². The Bertz CT molecular complexity index is 1350. The van der Waals surface area contributed by atoms with Crippen molar-refractivity contribution >= 4 is 11.9 Å². The fraction of sp³-hybridized carbons (Fsp3) is 0.755. The fourth-order valence-electron chi connectivity index (χ4n) is 7.02. The van der Waals surface area contributed by atoms with Crippen molar-refractivity contribution in [3.05, 3.63) is 60.8 Å². The van der Waals surface area contributed by atoms with E-state index in [0.29, 0.717) is 12.8 Å². The Balaban J connectivity index is 1.86. The molecule has 2 aliphatic heterocycles. The maximum absolute atomic E-state index is 12.9. The molecule has 11 atom stereocenters. The molecular weight excluding hydrogens is 829 g/mol. The van der Waals surface area contributed by atoms with Crippen LogP contribution in [0.15, 0.2) is 60.8 Å². The first-order valence-electron chi connectivity index (χ1n) is 23.9. The normalized spacial score (nSPS) is 27.1. The molecule has 0 amide bonds. The minimum atomic E-state index is -1.77. The molecule has 0 aromatic heterocycles. The molecule has 2 heterocycles. The molecule has 0 saturated carbocycles. The second-order valence-corrected chi connectivity index (χ2v) is 16.5. The fourth-order valence-corrected chi connectivity index (χ4v) is 7.02. The lowest BCUT2D eigenvalue weighted by Crippen LogP contribution is -2.61. The summed E-state index contributed by atoms with van der Waals surface area (Å²) in [6.07, 6.45) is 22.6. The molecule has 0 spiro atoms. The molecule has 15 nitrogen and oxygen atoms in total. The Hall–Kier alpha value is -2.80. The van der Waals surface area contributed by atoms with Crippen LogP contribution in [0.3, 0.4) is 0 Å². The number of hydrogen-bond donors (Lipinski definition) is 7. The van der Waals surface area contributed by atoms with Crippen LogP contribution in [0.25, 0.3) is 0 Å². The molecule has 2 aliphatic rings. The average Bonchev–Trinajstić information content (AvgIpc) is 3.29. The molecule has 7 N–H and O–H groups in total. The van der Waals surface area contributed by atoms with Crippen LogP contribution in [0, 0.1) is 0 Å². The highest BCUT2D eigenvalue weighted by atomic mass is 16.7. The molecule has 0 radical (unpaired) electrons. The van der Waals surface area contributed by atoms with Crippen molar-refractivity contribution in [1.29, 1.82) is 0 Å². The third kappa shape index (κ3) is 24.6. The van der Waals surface area contributed by atoms with E-state index in [-0.39, 0.29) is 19.4 Å². The van der Waals surface area contributed by atoms with Crippen molar-refractivity contribution in [1.82, 2.24) is 0 Å². The quantitative estimate of drug-likeness (QED) is 0.0230. The Kier molecular flexibility index (Phi) is 32.5. The Morgan fingerprint density at radius 2 is 0.984 bits per heavy atom. The van der Waals surface area contributed by atoms with Crippen LogP contribution in [-0.2, 0) is 38.0 Å². The summed E-state index contributed by atoms with van der Waals surface area (Å²) in [6.45, 7) is 2.37. The van der Waals surface area contributed by atoms with Crippen LogP contribution in [-0.4, -0.2) is 142 Å². The minimum absolute atomic E-state index is 0.124. The number of unbranched alkanes of at least 4 members (excludes halogenated alkanes) is 11. The maximum Gasteiger partial charge on any atom is 0.306 e. The molecule has 0 aliphatic carbocycles. The van der Waals surface area contributed by atoms with Gasteiger partial charge in [-0.05, 0) is 77.0 Å². The van der Waals surface area contributed by atoms with Crippen LogP contribution in [0.2, 0.25) is 0 Å². The highest BCUT2D eigenvalue weighted by molar-refractivity contribution is 5.70.